The summed E-state index contributed by atoms with van der Waals surface area (Å²) < 4.78 is 0. The van der Waals surface area contributed by atoms with Crippen molar-refractivity contribution in [2.24, 2.45) is 0 Å². The minimum absolute atomic E-state index is 0.0465. The molecular weight excluding hydrogens is 222 g/mol. The second-order valence-corrected chi connectivity index (χ2v) is 4.26. The predicted octanol–water partition coefficient (Wildman–Crippen LogP) is 2.67. The second kappa shape index (κ2) is 6.10. The first-order chi connectivity index (χ1) is 8.85. The Morgan fingerprint density at radius 2 is 2.00 bits per heavy atom. The normalized spacial score (nSPS) is 18.1. The Hall–Kier alpha value is -1.96. The number of rotatable bonds is 4. The van der Waals surface area contributed by atoms with Crippen molar-refractivity contribution >= 4 is 5.71 Å². The Labute approximate surface area is 108 Å². The third-order valence-electron chi connectivity index (χ3n) is 3.12. The second-order valence-electron chi connectivity index (χ2n) is 4.26. The molecular formula is C15H17N3. The van der Waals surface area contributed by atoms with E-state index in [0.29, 0.717) is 5.71 Å². The summed E-state index contributed by atoms with van der Waals surface area (Å²) in [5.74, 6) is 0. The van der Waals surface area contributed by atoms with E-state index in [4.69, 9.17) is 5.53 Å². The summed E-state index contributed by atoms with van der Waals surface area (Å²) in [6, 6.07) is 10.4. The van der Waals surface area contributed by atoms with Crippen LogP contribution in [0, 0.1) is 0 Å². The number of allylic oxidation sites excluding steroid dienone is 2. The van der Waals surface area contributed by atoms with Gasteiger partial charge in [-0.1, -0.05) is 55.5 Å². The molecule has 0 heterocycles. The van der Waals surface area contributed by atoms with Crippen LogP contribution in [0.3, 0.4) is 0 Å². The van der Waals surface area contributed by atoms with E-state index < -0.39 is 0 Å². The maximum Gasteiger partial charge on any atom is 0.312 e. The molecule has 1 aromatic rings. The lowest BCUT2D eigenvalue weighted by Crippen LogP contribution is -2.39. The maximum absolute atomic E-state index is 9.05. The fraction of sp³-hybridized carbons (Fsp3) is 0.267. The van der Waals surface area contributed by atoms with E-state index in [9.17, 15) is 0 Å². The van der Waals surface area contributed by atoms with Crippen molar-refractivity contribution in [1.82, 2.24) is 4.90 Å². The van der Waals surface area contributed by atoms with E-state index in [0.717, 1.165) is 13.1 Å². The Morgan fingerprint density at radius 3 is 2.67 bits per heavy atom. The van der Waals surface area contributed by atoms with Gasteiger partial charge in [0.15, 0.2) is 0 Å². The molecule has 0 fully saturated rings. The van der Waals surface area contributed by atoms with Crippen LogP contribution in [0.2, 0.25) is 0 Å². The molecule has 0 aromatic heterocycles. The fourth-order valence-corrected chi connectivity index (χ4v) is 2.15. The highest BCUT2D eigenvalue weighted by atomic mass is 15.2. The van der Waals surface area contributed by atoms with Gasteiger partial charge in [-0.25, -0.2) is 0 Å². The van der Waals surface area contributed by atoms with Gasteiger partial charge in [0.05, 0.1) is 0 Å². The molecule has 0 bridgehead atoms. The lowest BCUT2D eigenvalue weighted by molar-refractivity contribution is -0.0123. The molecule has 0 saturated heterocycles. The highest BCUT2D eigenvalue weighted by Crippen LogP contribution is 2.13. The molecule has 1 aliphatic rings. The Morgan fingerprint density at radius 1 is 1.22 bits per heavy atom. The van der Waals surface area contributed by atoms with Gasteiger partial charge in [0, 0.05) is 12.6 Å². The van der Waals surface area contributed by atoms with Gasteiger partial charge in [-0.15, -0.1) is 0 Å². The summed E-state index contributed by atoms with van der Waals surface area (Å²) in [7, 11) is 0. The van der Waals surface area contributed by atoms with Gasteiger partial charge in [0.2, 0.25) is 0 Å². The monoisotopic (exact) mass is 239 g/mol. The molecule has 0 aliphatic heterocycles. The first-order valence-electron chi connectivity index (χ1n) is 6.20. The molecule has 1 aliphatic carbocycles. The van der Waals surface area contributed by atoms with Crippen LogP contribution in [0.25, 0.3) is 5.53 Å². The lowest BCUT2D eigenvalue weighted by atomic mass is 10.0. The van der Waals surface area contributed by atoms with Crippen molar-refractivity contribution in [2.75, 3.05) is 6.54 Å². The van der Waals surface area contributed by atoms with E-state index >= 15 is 0 Å². The molecule has 3 heteroatoms. The summed E-state index contributed by atoms with van der Waals surface area (Å²) in [6.45, 7) is 3.86. The standard InChI is InChI=1S/C15H17N3/c1-2-18(12-13-8-4-3-5-9-13)15-11-7-6-10-14(15)17-16/h3-11,15H,2,12H2,1H3. The van der Waals surface area contributed by atoms with Gasteiger partial charge in [-0.2, -0.15) is 4.79 Å². The van der Waals surface area contributed by atoms with E-state index in [-0.39, 0.29) is 6.04 Å². The molecule has 0 spiro atoms. The van der Waals surface area contributed by atoms with Gasteiger partial charge in [-0.05, 0) is 12.1 Å². The topological polar surface area (TPSA) is 39.6 Å². The zero-order valence-corrected chi connectivity index (χ0v) is 10.5. The third kappa shape index (κ3) is 2.83. The first-order valence-corrected chi connectivity index (χ1v) is 6.20. The van der Waals surface area contributed by atoms with E-state index in [2.05, 4.69) is 34.8 Å². The Kier molecular flexibility index (Phi) is 4.24. The quantitative estimate of drug-likeness (QED) is 0.588. The molecule has 1 unspecified atom stereocenters. The molecule has 3 nitrogen and oxygen atoms in total. The van der Waals surface area contributed by atoms with E-state index in [1.807, 2.05) is 36.4 Å². The minimum atomic E-state index is 0.0465. The predicted molar refractivity (Wildman–Crippen MR) is 73.2 cm³/mol. The van der Waals surface area contributed by atoms with Gasteiger partial charge in [-0.3, -0.25) is 4.90 Å². The number of benzene rings is 1. The zero-order chi connectivity index (χ0) is 12.8. The van der Waals surface area contributed by atoms with Crippen LogP contribution < -0.4 is 0 Å². The van der Waals surface area contributed by atoms with Crippen molar-refractivity contribution < 1.29 is 4.79 Å². The molecule has 1 aromatic carbocycles. The summed E-state index contributed by atoms with van der Waals surface area (Å²) >= 11 is 0. The molecule has 92 valence electrons. The van der Waals surface area contributed by atoms with Crippen molar-refractivity contribution in [2.45, 2.75) is 19.5 Å². The summed E-state index contributed by atoms with van der Waals surface area (Å²) in [5, 5.41) is 0. The zero-order valence-electron chi connectivity index (χ0n) is 10.5. The minimum Gasteiger partial charge on any atom is -0.361 e. The Balaban J connectivity index is 2.16. The number of nitrogens with zero attached hydrogens (tertiary/aromatic N) is 3. The fourth-order valence-electron chi connectivity index (χ4n) is 2.15. The van der Waals surface area contributed by atoms with Crippen LogP contribution in [0.5, 0.6) is 0 Å². The molecule has 0 saturated carbocycles. The van der Waals surface area contributed by atoms with E-state index in [1.165, 1.54) is 5.56 Å². The largest absolute Gasteiger partial charge is 0.361 e. The highest BCUT2D eigenvalue weighted by Gasteiger charge is 2.26. The van der Waals surface area contributed by atoms with Crippen LogP contribution in [-0.2, 0) is 6.54 Å². The third-order valence-corrected chi connectivity index (χ3v) is 3.12. The van der Waals surface area contributed by atoms with E-state index in [1.54, 1.807) is 0 Å². The van der Waals surface area contributed by atoms with Crippen molar-refractivity contribution in [3.8, 4) is 0 Å². The Bertz CT molecular complexity index is 496. The van der Waals surface area contributed by atoms with Gasteiger partial charge >= 0.3 is 5.71 Å². The van der Waals surface area contributed by atoms with Gasteiger partial charge < -0.3 is 5.53 Å². The summed E-state index contributed by atoms with van der Waals surface area (Å²) in [4.78, 5) is 5.64. The summed E-state index contributed by atoms with van der Waals surface area (Å²) in [5.41, 5.74) is 11.0. The molecule has 0 amide bonds. The SMILES string of the molecule is CCN(Cc1ccccc1)C1C=CC=CC1=[N+]=[N-]. The van der Waals surface area contributed by atoms with Gasteiger partial charge in [0.25, 0.3) is 0 Å². The summed E-state index contributed by atoms with van der Waals surface area (Å²) in [6.07, 6.45) is 7.79. The smallest absolute Gasteiger partial charge is 0.312 e. The van der Waals surface area contributed by atoms with Crippen molar-refractivity contribution in [3.63, 3.8) is 0 Å². The van der Waals surface area contributed by atoms with Crippen molar-refractivity contribution in [1.29, 1.82) is 0 Å². The molecule has 0 radical (unpaired) electrons. The van der Waals surface area contributed by atoms with Crippen molar-refractivity contribution in [3.05, 3.63) is 65.7 Å². The highest BCUT2D eigenvalue weighted by molar-refractivity contribution is 5.97. The first kappa shape index (κ1) is 12.5. The van der Waals surface area contributed by atoms with Crippen LogP contribution in [0.1, 0.15) is 12.5 Å². The van der Waals surface area contributed by atoms with Crippen LogP contribution in [0.4, 0.5) is 0 Å². The van der Waals surface area contributed by atoms with Crippen LogP contribution in [-0.4, -0.2) is 28.0 Å². The average Bonchev–Trinajstić information content (AvgIpc) is 2.46. The molecule has 0 N–H and O–H groups in total. The van der Waals surface area contributed by atoms with Gasteiger partial charge in [0.1, 0.15) is 6.04 Å². The lowest BCUT2D eigenvalue weighted by Gasteiger charge is -2.25. The molecule has 1 atom stereocenters. The number of hydrogen-bond acceptors (Lipinski definition) is 1. The number of likely N-dealkylation sites (N-methyl/N-ethyl adjacent to an activating group) is 1. The number of hydrogen-bond donors (Lipinski definition) is 0. The molecule has 2 rings (SSSR count). The van der Waals surface area contributed by atoms with Crippen LogP contribution >= 0.6 is 0 Å². The average molecular weight is 239 g/mol. The molecule has 18 heavy (non-hydrogen) atoms. The maximum atomic E-state index is 9.05. The van der Waals surface area contributed by atoms with Crippen LogP contribution in [0.15, 0.2) is 54.6 Å².